The number of hydrogen-bond donors (Lipinski definition) is 4. The maximum Gasteiger partial charge on any atom is 0.411 e. The molecule has 2 aromatic carbocycles. The molecule has 2 fully saturated rings. The second-order valence-corrected chi connectivity index (χ2v) is 19.0. The molecule has 0 saturated carbocycles. The number of fused-ring (bicyclic) bond motifs is 1. The van der Waals surface area contributed by atoms with E-state index in [1.165, 1.54) is 29.6 Å². The van der Waals surface area contributed by atoms with Crippen molar-refractivity contribution in [3.8, 4) is 0 Å². The molecule has 0 spiro atoms. The van der Waals surface area contributed by atoms with Crippen LogP contribution < -0.4 is 21.5 Å². The van der Waals surface area contributed by atoms with Crippen molar-refractivity contribution in [3.05, 3.63) is 122 Å². The molecule has 7 rings (SSSR count). The minimum Gasteiger partial charge on any atom is -0.444 e. The molecule has 0 radical (unpaired) electrons. The minimum atomic E-state index is -0.797. The maximum absolute atomic E-state index is 14.8. The van der Waals surface area contributed by atoms with E-state index in [9.17, 15) is 33.2 Å². The van der Waals surface area contributed by atoms with E-state index in [1.54, 1.807) is 68.3 Å². The van der Waals surface area contributed by atoms with Crippen LogP contribution in [0.1, 0.15) is 71.4 Å². The van der Waals surface area contributed by atoms with Crippen LogP contribution in [0, 0.1) is 11.7 Å². The van der Waals surface area contributed by atoms with Gasteiger partial charge in [-0.1, -0.05) is 24.3 Å². The number of nitrogens with zero attached hydrogens (tertiary/aromatic N) is 8. The van der Waals surface area contributed by atoms with Gasteiger partial charge in [0.05, 0.1) is 41.1 Å². The third-order valence-electron chi connectivity index (χ3n) is 11.7. The Morgan fingerprint density at radius 3 is 2.35 bits per heavy atom. The fourth-order valence-corrected chi connectivity index (χ4v) is 8.57. The number of pyridine rings is 1. The van der Waals surface area contributed by atoms with E-state index in [-0.39, 0.29) is 73.5 Å². The molecule has 21 heteroatoms. The Kier molecular flexibility index (Phi) is 16.8. The number of H-pyrrole nitrogens is 1. The highest BCUT2D eigenvalue weighted by Gasteiger charge is 2.30. The molecule has 19 nitrogen and oxygen atoms in total. The zero-order valence-electron chi connectivity index (χ0n) is 38.8. The predicted molar refractivity (Wildman–Crippen MR) is 258 cm³/mol. The Balaban J connectivity index is 0.810. The van der Waals surface area contributed by atoms with Crippen molar-refractivity contribution in [2.45, 2.75) is 52.2 Å². The highest BCUT2D eigenvalue weighted by Crippen LogP contribution is 2.25. The van der Waals surface area contributed by atoms with Gasteiger partial charge in [-0.3, -0.25) is 33.8 Å². The van der Waals surface area contributed by atoms with E-state index in [2.05, 4.69) is 66.8 Å². The van der Waals surface area contributed by atoms with Crippen molar-refractivity contribution in [1.82, 2.24) is 55.4 Å². The number of carbonyl (C=O) groups is 5. The number of piperazine rings is 1. The van der Waals surface area contributed by atoms with Gasteiger partial charge in [0, 0.05) is 87.6 Å². The van der Waals surface area contributed by atoms with Gasteiger partial charge in [-0.15, -0.1) is 0 Å². The fraction of sp³-hybridized carbons (Fsp3) is 0.417. The molecular weight excluding hydrogens is 956 g/mol. The summed E-state index contributed by atoms with van der Waals surface area (Å²) < 4.78 is 20.9. The van der Waals surface area contributed by atoms with Gasteiger partial charge in [-0.05, 0) is 91.4 Å². The molecule has 364 valence electrons. The average molecular weight is 1010 g/mol. The number of nitrogens with one attached hydrogen (secondary N) is 4. The highest BCUT2D eigenvalue weighted by molar-refractivity contribution is 9.10. The van der Waals surface area contributed by atoms with E-state index >= 15 is 0 Å². The minimum absolute atomic E-state index is 0.00373. The Hall–Kier alpha value is -6.71. The van der Waals surface area contributed by atoms with Crippen LogP contribution in [0.15, 0.2) is 82.6 Å². The van der Waals surface area contributed by atoms with Crippen molar-refractivity contribution in [1.29, 1.82) is 0 Å². The van der Waals surface area contributed by atoms with Crippen molar-refractivity contribution >= 4 is 62.1 Å². The number of ether oxygens (including phenoxy) is 1. The lowest BCUT2D eigenvalue weighted by molar-refractivity contribution is -0.122. The van der Waals surface area contributed by atoms with Crippen molar-refractivity contribution in [3.63, 3.8) is 0 Å². The van der Waals surface area contributed by atoms with Gasteiger partial charge in [0.1, 0.15) is 24.3 Å². The topological polar surface area (TPSA) is 228 Å². The number of benzene rings is 2. The number of amides is 5. The van der Waals surface area contributed by atoms with Crippen molar-refractivity contribution in [2.24, 2.45) is 5.92 Å². The number of rotatable bonds is 16. The zero-order chi connectivity index (χ0) is 49.1. The first-order valence-corrected chi connectivity index (χ1v) is 23.6. The predicted octanol–water partition coefficient (Wildman–Crippen LogP) is 3.99. The lowest BCUT2D eigenvalue weighted by atomic mass is 9.95. The molecule has 69 heavy (non-hydrogen) atoms. The summed E-state index contributed by atoms with van der Waals surface area (Å²) in [5, 5.41) is 16.2. The molecular formula is C48H56BrFN12O7. The molecule has 0 aliphatic carbocycles. The van der Waals surface area contributed by atoms with Crippen LogP contribution in [0.5, 0.6) is 0 Å². The lowest BCUT2D eigenvalue weighted by Crippen LogP contribution is -2.51. The smallest absolute Gasteiger partial charge is 0.411 e. The van der Waals surface area contributed by atoms with Gasteiger partial charge in [0.2, 0.25) is 11.8 Å². The highest BCUT2D eigenvalue weighted by atomic mass is 79.9. The third kappa shape index (κ3) is 14.2. The summed E-state index contributed by atoms with van der Waals surface area (Å²) >= 11 is 3.40. The number of carbonyl (C=O) groups excluding carboxylic acids is 5. The quantitative estimate of drug-likeness (QED) is 0.103. The molecule has 0 atom stereocenters. The van der Waals surface area contributed by atoms with Crippen LogP contribution in [0.4, 0.5) is 14.9 Å². The summed E-state index contributed by atoms with van der Waals surface area (Å²) in [7, 11) is 0. The molecule has 4 N–H and O–H groups in total. The van der Waals surface area contributed by atoms with Crippen molar-refractivity contribution < 1.29 is 33.1 Å². The Labute approximate surface area is 406 Å². The largest absolute Gasteiger partial charge is 0.444 e. The first-order valence-electron chi connectivity index (χ1n) is 22.8. The Morgan fingerprint density at radius 1 is 0.899 bits per heavy atom. The summed E-state index contributed by atoms with van der Waals surface area (Å²) in [6.45, 7) is 10.3. The summed E-state index contributed by atoms with van der Waals surface area (Å²) in [4.78, 5) is 98.3. The lowest BCUT2D eigenvalue weighted by Gasteiger charge is -2.38. The molecule has 3 aromatic heterocycles. The normalized spacial score (nSPS) is 14.8. The van der Waals surface area contributed by atoms with Gasteiger partial charge < -0.3 is 30.5 Å². The first-order chi connectivity index (χ1) is 33.1. The first kappa shape index (κ1) is 50.2. The van der Waals surface area contributed by atoms with Crippen LogP contribution in [-0.4, -0.2) is 152 Å². The van der Waals surface area contributed by atoms with Gasteiger partial charge in [0.15, 0.2) is 5.69 Å². The summed E-state index contributed by atoms with van der Waals surface area (Å²) in [5.41, 5.74) is 0.841. The number of anilines is 1. The number of piperidine rings is 1. The van der Waals surface area contributed by atoms with Gasteiger partial charge in [0.25, 0.3) is 17.4 Å². The second kappa shape index (κ2) is 23.1. The molecule has 2 aliphatic rings. The average Bonchev–Trinajstić information content (AvgIpc) is 3.32. The van der Waals surface area contributed by atoms with Crippen molar-refractivity contribution in [2.75, 3.05) is 77.3 Å². The molecule has 0 bridgehead atoms. The molecule has 5 amide bonds. The number of aromatic amines is 1. The third-order valence-corrected chi connectivity index (χ3v) is 12.2. The van der Waals surface area contributed by atoms with Gasteiger partial charge in [-0.2, -0.15) is 5.10 Å². The maximum atomic E-state index is 14.8. The number of likely N-dealkylation sites (tertiary alicyclic amines) is 1. The SMILES string of the molecule is CC(C)(C)OC(=O)N(CC(=O)Nc1cc(Br)cnc1C(=O)N1CCC(CN2CCN(CC(=O)NCCNC(=O)c3cc(Cc4n[nH]c(=O)c5ccccc45)ccc3F)CC2)CC1)Cc1ccncn1. The summed E-state index contributed by atoms with van der Waals surface area (Å²) in [6, 6.07) is 14.6. The molecule has 5 aromatic rings. The Bertz CT molecular complexity index is 2710. The second-order valence-electron chi connectivity index (χ2n) is 18.1. The van der Waals surface area contributed by atoms with Gasteiger partial charge in [-0.25, -0.2) is 29.2 Å². The molecule has 5 heterocycles. The Morgan fingerprint density at radius 2 is 1.62 bits per heavy atom. The fourth-order valence-electron chi connectivity index (χ4n) is 8.24. The number of halogens is 2. The number of aromatic nitrogens is 5. The van der Waals surface area contributed by atoms with Crippen LogP contribution in [0.3, 0.4) is 0 Å². The van der Waals surface area contributed by atoms with E-state index in [0.717, 1.165) is 32.5 Å². The standard InChI is InChI=1S/C48H56BrFN12O7/c1-48(2,3)69-47(68)62(27-34-10-13-51-30-55-34)29-42(64)56-40-24-33(49)25-54-43(40)46(67)61-16-11-31(12-17-61)26-59-18-20-60(21-19-59)28-41(63)52-14-15-53-44(65)37-22-32(8-9-38(37)50)23-39-35-6-4-5-7-36(35)45(66)58-57-39/h4-10,13,22,24-25,30-31H,11-12,14-21,23,26-29H2,1-3H3,(H,52,63)(H,53,65)(H,56,64)(H,58,66). The van der Waals surface area contributed by atoms with Gasteiger partial charge >= 0.3 is 6.09 Å². The molecule has 0 unspecified atom stereocenters. The summed E-state index contributed by atoms with van der Waals surface area (Å²) in [5.74, 6) is -1.93. The van der Waals surface area contributed by atoms with Crippen LogP contribution in [0.2, 0.25) is 0 Å². The van der Waals surface area contributed by atoms with Crippen LogP contribution in [0.25, 0.3) is 10.8 Å². The zero-order valence-corrected chi connectivity index (χ0v) is 40.4. The number of hydrogen-bond acceptors (Lipinski definition) is 13. The van der Waals surface area contributed by atoms with E-state index in [0.29, 0.717) is 64.3 Å². The van der Waals surface area contributed by atoms with E-state index < -0.39 is 29.3 Å². The van der Waals surface area contributed by atoms with Crippen LogP contribution in [-0.2, 0) is 27.3 Å². The summed E-state index contributed by atoms with van der Waals surface area (Å²) in [6.07, 6.45) is 5.57. The van der Waals surface area contributed by atoms with E-state index in [4.69, 9.17) is 4.74 Å². The monoisotopic (exact) mass is 1010 g/mol. The molecule has 2 saturated heterocycles. The van der Waals surface area contributed by atoms with Crippen LogP contribution >= 0.6 is 15.9 Å². The molecule has 2 aliphatic heterocycles. The van der Waals surface area contributed by atoms with E-state index in [1.807, 2.05) is 6.07 Å².